The Labute approximate surface area is 121 Å². The number of hydrogen-bond donors (Lipinski definition) is 2. The van der Waals surface area contributed by atoms with E-state index in [0.717, 1.165) is 36.4 Å². The Kier molecular flexibility index (Phi) is 2.88. The zero-order chi connectivity index (χ0) is 14.1. The first kappa shape index (κ1) is 12.1. The Morgan fingerprint density at radius 2 is 2.10 bits per heavy atom. The van der Waals surface area contributed by atoms with E-state index in [-0.39, 0.29) is 0 Å². The van der Waals surface area contributed by atoms with Crippen LogP contribution in [0.25, 0.3) is 11.0 Å². The van der Waals surface area contributed by atoms with E-state index in [4.69, 9.17) is 0 Å². The van der Waals surface area contributed by atoms with Gasteiger partial charge in [-0.05, 0) is 18.6 Å². The summed E-state index contributed by atoms with van der Waals surface area (Å²) in [5.41, 5.74) is 0.878. The molecule has 0 amide bonds. The summed E-state index contributed by atoms with van der Waals surface area (Å²) in [6.07, 6.45) is 8.03. The lowest BCUT2D eigenvalue weighted by molar-refractivity contribution is 0.791. The number of anilines is 2. The maximum Gasteiger partial charge on any atom is 0.222 e. The molecule has 7 heteroatoms. The van der Waals surface area contributed by atoms with Gasteiger partial charge >= 0.3 is 0 Å². The van der Waals surface area contributed by atoms with Crippen LogP contribution in [-0.4, -0.2) is 44.1 Å². The molecule has 0 radical (unpaired) electrons. The summed E-state index contributed by atoms with van der Waals surface area (Å²) in [5.74, 6) is 1.67. The third-order valence-corrected chi connectivity index (χ3v) is 3.72. The fraction of sp³-hybridized carbons (Fsp3) is 0.286. The maximum atomic E-state index is 4.44. The molecule has 7 nitrogen and oxygen atoms in total. The molecular formula is C14H15N7. The van der Waals surface area contributed by atoms with Crippen LogP contribution in [-0.2, 0) is 0 Å². The molecule has 1 unspecified atom stereocenters. The minimum atomic E-state index is 0.330. The molecule has 4 heterocycles. The van der Waals surface area contributed by atoms with E-state index >= 15 is 0 Å². The van der Waals surface area contributed by atoms with Gasteiger partial charge in [0.2, 0.25) is 5.95 Å². The van der Waals surface area contributed by atoms with Crippen LogP contribution in [0.4, 0.5) is 11.8 Å². The normalized spacial score (nSPS) is 18.3. The number of nitrogens with one attached hydrogen (secondary N) is 2. The second-order valence-electron chi connectivity index (χ2n) is 5.09. The van der Waals surface area contributed by atoms with Gasteiger partial charge in [0.25, 0.3) is 0 Å². The van der Waals surface area contributed by atoms with E-state index < -0.39 is 0 Å². The summed E-state index contributed by atoms with van der Waals surface area (Å²) < 4.78 is 0. The zero-order valence-corrected chi connectivity index (χ0v) is 11.4. The van der Waals surface area contributed by atoms with Crippen LogP contribution in [0.2, 0.25) is 0 Å². The molecule has 0 aliphatic carbocycles. The Balaban J connectivity index is 1.52. The summed E-state index contributed by atoms with van der Waals surface area (Å²) in [6.45, 7) is 1.84. The molecule has 106 valence electrons. The molecule has 3 aromatic heterocycles. The molecular weight excluding hydrogens is 266 g/mol. The second kappa shape index (κ2) is 5.01. The molecule has 3 aromatic rings. The van der Waals surface area contributed by atoms with Crippen molar-refractivity contribution in [2.45, 2.75) is 12.5 Å². The average Bonchev–Trinajstić information content (AvgIpc) is 3.16. The lowest BCUT2D eigenvalue weighted by Gasteiger charge is -2.18. The highest BCUT2D eigenvalue weighted by Crippen LogP contribution is 2.25. The van der Waals surface area contributed by atoms with Crippen molar-refractivity contribution in [2.75, 3.05) is 23.3 Å². The number of aromatic nitrogens is 5. The first-order chi connectivity index (χ1) is 10.4. The van der Waals surface area contributed by atoms with Gasteiger partial charge in [-0.15, -0.1) is 0 Å². The molecule has 0 bridgehead atoms. The van der Waals surface area contributed by atoms with Crippen molar-refractivity contribution in [3.63, 3.8) is 0 Å². The minimum absolute atomic E-state index is 0.330. The Bertz CT molecular complexity index is 739. The van der Waals surface area contributed by atoms with Gasteiger partial charge in [0.1, 0.15) is 17.8 Å². The van der Waals surface area contributed by atoms with Crippen molar-refractivity contribution < 1.29 is 0 Å². The second-order valence-corrected chi connectivity index (χ2v) is 5.09. The van der Waals surface area contributed by atoms with E-state index in [1.807, 2.05) is 18.3 Å². The largest absolute Gasteiger partial charge is 0.354 e. The van der Waals surface area contributed by atoms with Gasteiger partial charge in [-0.2, -0.15) is 0 Å². The molecule has 4 rings (SSSR count). The van der Waals surface area contributed by atoms with Crippen molar-refractivity contribution in [1.82, 2.24) is 24.9 Å². The number of aromatic amines is 1. The highest BCUT2D eigenvalue weighted by molar-refractivity contribution is 5.87. The van der Waals surface area contributed by atoms with Crippen LogP contribution in [0.1, 0.15) is 6.42 Å². The van der Waals surface area contributed by atoms with Gasteiger partial charge in [-0.1, -0.05) is 0 Å². The third-order valence-electron chi connectivity index (χ3n) is 3.72. The van der Waals surface area contributed by atoms with E-state index in [1.54, 1.807) is 18.7 Å². The Morgan fingerprint density at radius 1 is 1.19 bits per heavy atom. The SMILES string of the molecule is c1cnc(NC2CCN(c3ncnc4[nH]ccc34)C2)nc1. The number of hydrogen-bond acceptors (Lipinski definition) is 6. The van der Waals surface area contributed by atoms with Crippen molar-refractivity contribution in [3.8, 4) is 0 Å². The summed E-state index contributed by atoms with van der Waals surface area (Å²) in [6, 6.07) is 4.16. The van der Waals surface area contributed by atoms with Crippen LogP contribution in [0.15, 0.2) is 37.1 Å². The fourth-order valence-corrected chi connectivity index (χ4v) is 2.74. The summed E-state index contributed by atoms with van der Waals surface area (Å²) >= 11 is 0. The highest BCUT2D eigenvalue weighted by Gasteiger charge is 2.25. The van der Waals surface area contributed by atoms with E-state index in [2.05, 4.69) is 35.1 Å². The monoisotopic (exact) mass is 281 g/mol. The van der Waals surface area contributed by atoms with Gasteiger partial charge in [0.15, 0.2) is 0 Å². The minimum Gasteiger partial charge on any atom is -0.354 e. The Morgan fingerprint density at radius 3 is 3.00 bits per heavy atom. The standard InChI is InChI=1S/C14H15N7/c1-4-16-14(17-5-1)20-10-3-7-21(8-10)13-11-2-6-15-12(11)18-9-19-13/h1-2,4-6,9-10H,3,7-8H2,(H,15,18,19)(H,16,17,20). The first-order valence-corrected chi connectivity index (χ1v) is 6.97. The third kappa shape index (κ3) is 2.26. The van der Waals surface area contributed by atoms with Crippen LogP contribution in [0.5, 0.6) is 0 Å². The highest BCUT2D eigenvalue weighted by atomic mass is 15.3. The predicted octanol–water partition coefficient (Wildman–Crippen LogP) is 1.44. The van der Waals surface area contributed by atoms with Gasteiger partial charge in [-0.3, -0.25) is 0 Å². The molecule has 0 saturated carbocycles. The molecule has 1 aliphatic heterocycles. The van der Waals surface area contributed by atoms with Crippen LogP contribution < -0.4 is 10.2 Å². The zero-order valence-electron chi connectivity index (χ0n) is 11.4. The van der Waals surface area contributed by atoms with Gasteiger partial charge in [0.05, 0.1) is 5.39 Å². The van der Waals surface area contributed by atoms with Gasteiger partial charge < -0.3 is 15.2 Å². The molecule has 21 heavy (non-hydrogen) atoms. The summed E-state index contributed by atoms with van der Waals surface area (Å²) in [5, 5.41) is 4.43. The molecule has 2 N–H and O–H groups in total. The number of nitrogens with zero attached hydrogens (tertiary/aromatic N) is 5. The van der Waals surface area contributed by atoms with E-state index in [0.29, 0.717) is 12.0 Å². The van der Waals surface area contributed by atoms with Crippen molar-refractivity contribution in [1.29, 1.82) is 0 Å². The van der Waals surface area contributed by atoms with Crippen molar-refractivity contribution >= 4 is 22.8 Å². The lowest BCUT2D eigenvalue weighted by atomic mass is 10.3. The van der Waals surface area contributed by atoms with Crippen LogP contribution in [0, 0.1) is 0 Å². The lowest BCUT2D eigenvalue weighted by Crippen LogP contribution is -2.27. The van der Waals surface area contributed by atoms with Gasteiger partial charge in [-0.25, -0.2) is 19.9 Å². The quantitative estimate of drug-likeness (QED) is 0.756. The maximum absolute atomic E-state index is 4.44. The molecule has 0 spiro atoms. The topological polar surface area (TPSA) is 82.6 Å². The molecule has 1 aliphatic rings. The van der Waals surface area contributed by atoms with Gasteiger partial charge in [0, 0.05) is 37.7 Å². The van der Waals surface area contributed by atoms with Crippen LogP contribution >= 0.6 is 0 Å². The number of rotatable bonds is 3. The fourth-order valence-electron chi connectivity index (χ4n) is 2.74. The van der Waals surface area contributed by atoms with Crippen LogP contribution in [0.3, 0.4) is 0 Å². The van der Waals surface area contributed by atoms with Crippen molar-refractivity contribution in [3.05, 3.63) is 37.1 Å². The molecule has 1 atom stereocenters. The summed E-state index contributed by atoms with van der Waals surface area (Å²) in [7, 11) is 0. The number of fused-ring (bicyclic) bond motifs is 1. The first-order valence-electron chi connectivity index (χ1n) is 6.97. The molecule has 0 aromatic carbocycles. The molecule has 1 saturated heterocycles. The summed E-state index contributed by atoms with van der Waals surface area (Å²) in [4.78, 5) is 22.5. The number of H-pyrrole nitrogens is 1. The van der Waals surface area contributed by atoms with E-state index in [9.17, 15) is 0 Å². The van der Waals surface area contributed by atoms with E-state index in [1.165, 1.54) is 0 Å². The average molecular weight is 281 g/mol. The molecule has 1 fully saturated rings. The predicted molar refractivity (Wildman–Crippen MR) is 80.2 cm³/mol. The van der Waals surface area contributed by atoms with Crippen molar-refractivity contribution in [2.24, 2.45) is 0 Å². The Hall–Kier alpha value is -2.70. The smallest absolute Gasteiger partial charge is 0.222 e.